The minimum atomic E-state index is 0.167. The summed E-state index contributed by atoms with van der Waals surface area (Å²) in [5.41, 5.74) is 7.03. The molecule has 0 saturated heterocycles. The van der Waals surface area contributed by atoms with E-state index in [4.69, 9.17) is 9.97 Å². The van der Waals surface area contributed by atoms with Crippen LogP contribution in [0.25, 0.3) is 11.4 Å². The van der Waals surface area contributed by atoms with E-state index in [2.05, 4.69) is 38.3 Å². The van der Waals surface area contributed by atoms with E-state index in [0.29, 0.717) is 0 Å². The molecule has 150 valence electrons. The highest BCUT2D eigenvalue weighted by Gasteiger charge is 2.33. The largest absolute Gasteiger partial charge is 0.349 e. The zero-order valence-corrected chi connectivity index (χ0v) is 16.9. The van der Waals surface area contributed by atoms with Gasteiger partial charge in [0, 0.05) is 48.1 Å². The Hall–Kier alpha value is -3.48. The summed E-state index contributed by atoms with van der Waals surface area (Å²) in [6.07, 6.45) is 9.06. The van der Waals surface area contributed by atoms with Crippen molar-refractivity contribution in [2.24, 2.45) is 7.05 Å². The molecule has 0 amide bonds. The number of benzene rings is 1. The molecule has 4 aromatic rings. The lowest BCUT2D eigenvalue weighted by atomic mass is 9.93. The number of hydrogen-bond acceptors (Lipinski definition) is 5. The molecule has 0 bridgehead atoms. The molecular formula is C23H23N7. The Morgan fingerprint density at radius 3 is 2.83 bits per heavy atom. The van der Waals surface area contributed by atoms with E-state index < -0.39 is 0 Å². The number of hydrogen-bond donors (Lipinski definition) is 1. The molecule has 7 nitrogen and oxygen atoms in total. The standard InChI is InChI=1S/C23H23N7/c1-29-11-16(10-26-29)18-12-30(13-20-21(18)25-14-24-20)23-17-8-5-9-19(17)27-22(28-23)15-6-3-2-4-7-15/h2-4,6-7,10-11,14,18H,5,8-9,12-13H2,1H3,(H,24,25). The third-order valence-corrected chi connectivity index (χ3v) is 6.20. The molecule has 3 aromatic heterocycles. The molecule has 7 heteroatoms. The fourth-order valence-electron chi connectivity index (χ4n) is 4.76. The molecule has 0 radical (unpaired) electrons. The van der Waals surface area contributed by atoms with Crippen molar-refractivity contribution >= 4 is 5.82 Å². The monoisotopic (exact) mass is 397 g/mol. The fraction of sp³-hybridized carbons (Fsp3) is 0.304. The molecule has 30 heavy (non-hydrogen) atoms. The predicted molar refractivity (Wildman–Crippen MR) is 114 cm³/mol. The van der Waals surface area contributed by atoms with Gasteiger partial charge in [-0.25, -0.2) is 15.0 Å². The van der Waals surface area contributed by atoms with Crippen LogP contribution in [-0.4, -0.2) is 36.3 Å². The lowest BCUT2D eigenvalue weighted by Gasteiger charge is -2.33. The SMILES string of the molecule is Cn1cc(C2CN(c3nc(-c4ccccc4)nc4c3CCC4)Cc3[nH]cnc32)cn1. The Morgan fingerprint density at radius 1 is 1.10 bits per heavy atom. The first-order chi connectivity index (χ1) is 14.8. The van der Waals surface area contributed by atoms with Gasteiger partial charge in [0.2, 0.25) is 0 Å². The smallest absolute Gasteiger partial charge is 0.161 e. The first-order valence-electron chi connectivity index (χ1n) is 10.5. The molecule has 1 aromatic carbocycles. The molecule has 0 saturated carbocycles. The molecule has 2 aliphatic rings. The maximum Gasteiger partial charge on any atom is 0.161 e. The van der Waals surface area contributed by atoms with Crippen molar-refractivity contribution in [2.45, 2.75) is 31.7 Å². The first-order valence-corrected chi connectivity index (χ1v) is 10.5. The molecule has 1 unspecified atom stereocenters. The number of rotatable bonds is 3. The second kappa shape index (κ2) is 6.79. The third-order valence-electron chi connectivity index (χ3n) is 6.20. The highest BCUT2D eigenvalue weighted by Crippen LogP contribution is 2.37. The molecule has 6 rings (SSSR count). The minimum absolute atomic E-state index is 0.167. The molecule has 1 aliphatic heterocycles. The van der Waals surface area contributed by atoms with Crippen molar-refractivity contribution in [3.8, 4) is 11.4 Å². The summed E-state index contributed by atoms with van der Waals surface area (Å²) >= 11 is 0. The molecule has 1 atom stereocenters. The number of aromatic nitrogens is 6. The zero-order chi connectivity index (χ0) is 20.1. The van der Waals surface area contributed by atoms with E-state index in [1.165, 1.54) is 16.8 Å². The number of aryl methyl sites for hydroxylation is 2. The second-order valence-corrected chi connectivity index (χ2v) is 8.16. The maximum atomic E-state index is 5.09. The van der Waals surface area contributed by atoms with Crippen LogP contribution in [0.2, 0.25) is 0 Å². The second-order valence-electron chi connectivity index (χ2n) is 8.16. The third kappa shape index (κ3) is 2.81. The van der Waals surface area contributed by atoms with Gasteiger partial charge in [-0.1, -0.05) is 30.3 Å². The van der Waals surface area contributed by atoms with E-state index in [1.54, 1.807) is 6.33 Å². The molecule has 1 N–H and O–H groups in total. The zero-order valence-electron chi connectivity index (χ0n) is 16.9. The van der Waals surface area contributed by atoms with Gasteiger partial charge in [-0.15, -0.1) is 0 Å². The summed E-state index contributed by atoms with van der Waals surface area (Å²) in [6, 6.07) is 10.3. The maximum absolute atomic E-state index is 5.09. The number of imidazole rings is 1. The Labute approximate surface area is 174 Å². The molecule has 1 aliphatic carbocycles. The summed E-state index contributed by atoms with van der Waals surface area (Å²) in [5.74, 6) is 2.06. The lowest BCUT2D eigenvalue weighted by molar-refractivity contribution is 0.636. The molecular weight excluding hydrogens is 374 g/mol. The number of nitrogens with zero attached hydrogens (tertiary/aromatic N) is 6. The van der Waals surface area contributed by atoms with Crippen LogP contribution in [0.3, 0.4) is 0 Å². The van der Waals surface area contributed by atoms with Crippen LogP contribution in [0.4, 0.5) is 5.82 Å². The van der Waals surface area contributed by atoms with Crippen molar-refractivity contribution in [3.05, 3.63) is 77.3 Å². The van der Waals surface area contributed by atoms with Crippen LogP contribution < -0.4 is 4.90 Å². The van der Waals surface area contributed by atoms with Crippen molar-refractivity contribution in [1.29, 1.82) is 0 Å². The number of nitrogens with one attached hydrogen (secondary N) is 1. The van der Waals surface area contributed by atoms with Gasteiger partial charge in [-0.3, -0.25) is 4.68 Å². The predicted octanol–water partition coefficient (Wildman–Crippen LogP) is 3.24. The highest BCUT2D eigenvalue weighted by atomic mass is 15.3. The van der Waals surface area contributed by atoms with Crippen LogP contribution in [0.5, 0.6) is 0 Å². The number of aromatic amines is 1. The van der Waals surface area contributed by atoms with Crippen molar-refractivity contribution in [1.82, 2.24) is 29.7 Å². The van der Waals surface area contributed by atoms with Gasteiger partial charge in [0.1, 0.15) is 5.82 Å². The van der Waals surface area contributed by atoms with Gasteiger partial charge in [0.25, 0.3) is 0 Å². The number of H-pyrrole nitrogens is 1. The van der Waals surface area contributed by atoms with Crippen molar-refractivity contribution in [2.75, 3.05) is 11.4 Å². The van der Waals surface area contributed by atoms with Gasteiger partial charge in [0.05, 0.1) is 30.5 Å². The van der Waals surface area contributed by atoms with E-state index in [-0.39, 0.29) is 5.92 Å². The molecule has 0 fully saturated rings. The Balaban J connectivity index is 1.45. The van der Waals surface area contributed by atoms with E-state index in [9.17, 15) is 0 Å². The van der Waals surface area contributed by atoms with Gasteiger partial charge >= 0.3 is 0 Å². The van der Waals surface area contributed by atoms with Crippen LogP contribution in [-0.2, 0) is 26.4 Å². The Bertz CT molecular complexity index is 1210. The van der Waals surface area contributed by atoms with Crippen LogP contribution >= 0.6 is 0 Å². The van der Waals surface area contributed by atoms with E-state index in [0.717, 1.165) is 60.9 Å². The number of anilines is 1. The van der Waals surface area contributed by atoms with Crippen molar-refractivity contribution in [3.63, 3.8) is 0 Å². The Kier molecular flexibility index (Phi) is 3.94. The summed E-state index contributed by atoms with van der Waals surface area (Å²) < 4.78 is 1.86. The lowest BCUT2D eigenvalue weighted by Crippen LogP contribution is -2.35. The highest BCUT2D eigenvalue weighted by molar-refractivity contribution is 5.62. The summed E-state index contributed by atoms with van der Waals surface area (Å²) in [4.78, 5) is 20.4. The van der Waals surface area contributed by atoms with Crippen LogP contribution in [0.15, 0.2) is 49.1 Å². The fourth-order valence-corrected chi connectivity index (χ4v) is 4.76. The van der Waals surface area contributed by atoms with Gasteiger partial charge < -0.3 is 9.88 Å². The van der Waals surface area contributed by atoms with Gasteiger partial charge in [0.15, 0.2) is 5.82 Å². The number of fused-ring (bicyclic) bond motifs is 2. The molecule has 0 spiro atoms. The Morgan fingerprint density at radius 2 is 2.00 bits per heavy atom. The van der Waals surface area contributed by atoms with Crippen LogP contribution in [0.1, 0.15) is 40.5 Å². The normalized spacial score (nSPS) is 17.8. The summed E-state index contributed by atoms with van der Waals surface area (Å²) in [5, 5.41) is 4.39. The topological polar surface area (TPSA) is 75.5 Å². The summed E-state index contributed by atoms with van der Waals surface area (Å²) in [7, 11) is 1.96. The average Bonchev–Trinajstić information content (AvgIpc) is 3.53. The van der Waals surface area contributed by atoms with E-state index in [1.807, 2.05) is 36.1 Å². The first kappa shape index (κ1) is 17.4. The van der Waals surface area contributed by atoms with Crippen LogP contribution in [0, 0.1) is 0 Å². The van der Waals surface area contributed by atoms with Crippen molar-refractivity contribution < 1.29 is 0 Å². The van der Waals surface area contributed by atoms with Gasteiger partial charge in [-0.05, 0) is 19.3 Å². The van der Waals surface area contributed by atoms with E-state index >= 15 is 0 Å². The quantitative estimate of drug-likeness (QED) is 0.574. The minimum Gasteiger partial charge on any atom is -0.349 e. The van der Waals surface area contributed by atoms with Gasteiger partial charge in [-0.2, -0.15) is 5.10 Å². The molecule has 4 heterocycles. The average molecular weight is 397 g/mol. The summed E-state index contributed by atoms with van der Waals surface area (Å²) in [6.45, 7) is 1.62.